The first-order valence-electron chi connectivity index (χ1n) is 7.27. The van der Waals surface area contributed by atoms with E-state index in [1.165, 1.54) is 0 Å². The standard InChI is InChI=1S/C15H22N2O2/c1-9-8-12-13(4-3-5-14(12)18)17(9)10(2)15(19)16-11-6-7-11/h8,10-11,14,18H,3-7H2,1-2H3,(H,16,19). The molecule has 2 atom stereocenters. The number of rotatable bonds is 3. The number of amides is 1. The van der Waals surface area contributed by atoms with E-state index in [1.54, 1.807) is 0 Å². The predicted molar refractivity (Wildman–Crippen MR) is 72.9 cm³/mol. The molecule has 1 saturated carbocycles. The van der Waals surface area contributed by atoms with Gasteiger partial charge in [0.15, 0.2) is 0 Å². The van der Waals surface area contributed by atoms with Gasteiger partial charge in [-0.15, -0.1) is 0 Å². The molecule has 4 heteroatoms. The number of aliphatic hydroxyl groups is 1. The third-order valence-corrected chi connectivity index (χ3v) is 4.31. The highest BCUT2D eigenvalue weighted by Gasteiger charge is 2.30. The van der Waals surface area contributed by atoms with Crippen LogP contribution in [-0.2, 0) is 11.2 Å². The van der Waals surface area contributed by atoms with Crippen molar-refractivity contribution in [2.75, 3.05) is 0 Å². The number of carbonyl (C=O) groups is 1. The minimum Gasteiger partial charge on any atom is -0.388 e. The summed E-state index contributed by atoms with van der Waals surface area (Å²) < 4.78 is 2.11. The largest absolute Gasteiger partial charge is 0.388 e. The van der Waals surface area contributed by atoms with Crippen molar-refractivity contribution in [3.63, 3.8) is 0 Å². The highest BCUT2D eigenvalue weighted by molar-refractivity contribution is 5.80. The molecule has 0 saturated heterocycles. The minimum atomic E-state index is -0.359. The van der Waals surface area contributed by atoms with E-state index in [0.717, 1.165) is 49.1 Å². The van der Waals surface area contributed by atoms with Crippen molar-refractivity contribution in [3.05, 3.63) is 23.0 Å². The van der Waals surface area contributed by atoms with Crippen LogP contribution in [0.25, 0.3) is 0 Å². The van der Waals surface area contributed by atoms with Gasteiger partial charge in [-0.25, -0.2) is 0 Å². The molecular formula is C15H22N2O2. The lowest BCUT2D eigenvalue weighted by atomic mass is 9.95. The smallest absolute Gasteiger partial charge is 0.242 e. The maximum absolute atomic E-state index is 12.2. The van der Waals surface area contributed by atoms with Gasteiger partial charge >= 0.3 is 0 Å². The predicted octanol–water partition coefficient (Wildman–Crippen LogP) is 2.01. The Morgan fingerprint density at radius 1 is 1.47 bits per heavy atom. The van der Waals surface area contributed by atoms with Gasteiger partial charge in [0, 0.05) is 23.0 Å². The van der Waals surface area contributed by atoms with Crippen LogP contribution < -0.4 is 5.32 Å². The normalized spacial score (nSPS) is 23.8. The molecule has 0 bridgehead atoms. The SMILES string of the molecule is Cc1cc2c(n1C(C)C(=O)NC1CC1)CCCC2O. The molecule has 3 rings (SSSR count). The van der Waals surface area contributed by atoms with Crippen LogP contribution in [0.15, 0.2) is 6.07 Å². The Balaban J connectivity index is 1.88. The molecule has 104 valence electrons. The Morgan fingerprint density at radius 3 is 2.89 bits per heavy atom. The van der Waals surface area contributed by atoms with Gasteiger partial charge in [-0.2, -0.15) is 0 Å². The fourth-order valence-electron chi connectivity index (χ4n) is 3.11. The van der Waals surface area contributed by atoms with Crippen molar-refractivity contribution >= 4 is 5.91 Å². The Morgan fingerprint density at radius 2 is 2.21 bits per heavy atom. The van der Waals surface area contributed by atoms with E-state index in [1.807, 2.05) is 19.9 Å². The van der Waals surface area contributed by atoms with Crippen LogP contribution in [0.1, 0.15) is 61.7 Å². The maximum atomic E-state index is 12.2. The number of aromatic nitrogens is 1. The number of aliphatic hydroxyl groups excluding tert-OH is 1. The third kappa shape index (κ3) is 2.29. The Labute approximate surface area is 113 Å². The lowest BCUT2D eigenvalue weighted by Gasteiger charge is -2.23. The van der Waals surface area contributed by atoms with Crippen LogP contribution >= 0.6 is 0 Å². The first-order chi connectivity index (χ1) is 9.08. The Kier molecular flexibility index (Phi) is 3.13. The summed E-state index contributed by atoms with van der Waals surface area (Å²) in [5.74, 6) is 0.101. The average molecular weight is 262 g/mol. The van der Waals surface area contributed by atoms with Crippen molar-refractivity contribution < 1.29 is 9.90 Å². The van der Waals surface area contributed by atoms with E-state index in [4.69, 9.17) is 0 Å². The fraction of sp³-hybridized carbons (Fsp3) is 0.667. The number of fused-ring (bicyclic) bond motifs is 1. The van der Waals surface area contributed by atoms with Gasteiger partial charge in [0.25, 0.3) is 0 Å². The van der Waals surface area contributed by atoms with Gasteiger partial charge in [0.1, 0.15) is 6.04 Å². The van der Waals surface area contributed by atoms with Crippen molar-refractivity contribution in [1.29, 1.82) is 0 Å². The molecule has 1 aromatic rings. The number of nitrogens with one attached hydrogen (secondary N) is 1. The lowest BCUT2D eigenvalue weighted by Crippen LogP contribution is -2.33. The molecule has 19 heavy (non-hydrogen) atoms. The van der Waals surface area contributed by atoms with Crippen LogP contribution in [0.3, 0.4) is 0 Å². The van der Waals surface area contributed by atoms with Crippen LogP contribution in [-0.4, -0.2) is 21.6 Å². The third-order valence-electron chi connectivity index (χ3n) is 4.31. The zero-order chi connectivity index (χ0) is 13.6. The molecule has 1 heterocycles. The van der Waals surface area contributed by atoms with Gasteiger partial charge in [-0.1, -0.05) is 0 Å². The van der Waals surface area contributed by atoms with Gasteiger partial charge in [-0.05, 0) is 52.0 Å². The van der Waals surface area contributed by atoms with Crippen molar-refractivity contribution in [3.8, 4) is 0 Å². The summed E-state index contributed by atoms with van der Waals surface area (Å²) in [6.07, 6.45) is 4.65. The van der Waals surface area contributed by atoms with E-state index < -0.39 is 0 Å². The van der Waals surface area contributed by atoms with Crippen molar-refractivity contribution in [2.24, 2.45) is 0 Å². The average Bonchev–Trinajstić information content (AvgIpc) is 3.10. The van der Waals surface area contributed by atoms with Crippen molar-refractivity contribution in [2.45, 2.75) is 64.1 Å². The molecule has 1 fully saturated rings. The maximum Gasteiger partial charge on any atom is 0.242 e. The van der Waals surface area contributed by atoms with Crippen LogP contribution in [0.5, 0.6) is 0 Å². The summed E-state index contributed by atoms with van der Waals surface area (Å²) in [5, 5.41) is 13.1. The second-order valence-electron chi connectivity index (χ2n) is 5.92. The van der Waals surface area contributed by atoms with Crippen LogP contribution in [0.4, 0.5) is 0 Å². The number of aryl methyl sites for hydroxylation is 1. The monoisotopic (exact) mass is 262 g/mol. The first kappa shape index (κ1) is 12.7. The summed E-state index contributed by atoms with van der Waals surface area (Å²) in [5.41, 5.74) is 3.24. The summed E-state index contributed by atoms with van der Waals surface area (Å²) >= 11 is 0. The minimum absolute atomic E-state index is 0.101. The molecule has 4 nitrogen and oxygen atoms in total. The van der Waals surface area contributed by atoms with Crippen LogP contribution in [0.2, 0.25) is 0 Å². The van der Waals surface area contributed by atoms with E-state index in [-0.39, 0.29) is 18.1 Å². The molecule has 0 aliphatic heterocycles. The number of hydrogen-bond donors (Lipinski definition) is 2. The first-order valence-corrected chi connectivity index (χ1v) is 7.27. The molecule has 2 N–H and O–H groups in total. The summed E-state index contributed by atoms with van der Waals surface area (Å²) in [7, 11) is 0. The summed E-state index contributed by atoms with van der Waals surface area (Å²) in [4.78, 5) is 12.2. The molecule has 0 radical (unpaired) electrons. The number of carbonyl (C=O) groups excluding carboxylic acids is 1. The van der Waals surface area contributed by atoms with Crippen LogP contribution in [0, 0.1) is 6.92 Å². The molecular weight excluding hydrogens is 240 g/mol. The molecule has 0 aromatic carbocycles. The quantitative estimate of drug-likeness (QED) is 0.875. The number of hydrogen-bond acceptors (Lipinski definition) is 2. The molecule has 2 unspecified atom stereocenters. The second kappa shape index (κ2) is 4.67. The lowest BCUT2D eigenvalue weighted by molar-refractivity contribution is -0.124. The molecule has 2 aliphatic rings. The Hall–Kier alpha value is -1.29. The van der Waals surface area contributed by atoms with Gasteiger partial charge in [0.2, 0.25) is 5.91 Å². The molecule has 1 aromatic heterocycles. The zero-order valence-corrected chi connectivity index (χ0v) is 11.6. The van der Waals surface area contributed by atoms with E-state index in [2.05, 4.69) is 9.88 Å². The highest BCUT2D eigenvalue weighted by atomic mass is 16.3. The zero-order valence-electron chi connectivity index (χ0n) is 11.6. The molecule has 1 amide bonds. The second-order valence-corrected chi connectivity index (χ2v) is 5.92. The van der Waals surface area contributed by atoms with Gasteiger partial charge in [-0.3, -0.25) is 4.79 Å². The van der Waals surface area contributed by atoms with E-state index in [0.29, 0.717) is 6.04 Å². The fourth-order valence-corrected chi connectivity index (χ4v) is 3.11. The summed E-state index contributed by atoms with van der Waals surface area (Å²) in [6, 6.07) is 2.25. The molecule has 0 spiro atoms. The Bertz CT molecular complexity index is 502. The van der Waals surface area contributed by atoms with Gasteiger partial charge < -0.3 is 15.0 Å². The van der Waals surface area contributed by atoms with E-state index in [9.17, 15) is 9.90 Å². The topological polar surface area (TPSA) is 54.3 Å². The van der Waals surface area contributed by atoms with E-state index >= 15 is 0 Å². The number of nitrogens with zero attached hydrogens (tertiary/aromatic N) is 1. The summed E-state index contributed by atoms with van der Waals surface area (Å²) in [6.45, 7) is 3.97. The van der Waals surface area contributed by atoms with Crippen molar-refractivity contribution in [1.82, 2.24) is 9.88 Å². The van der Waals surface area contributed by atoms with Gasteiger partial charge in [0.05, 0.1) is 6.10 Å². The molecule has 2 aliphatic carbocycles. The highest BCUT2D eigenvalue weighted by Crippen LogP contribution is 2.34.